The molecule has 0 unspecified atom stereocenters. The van der Waals surface area contributed by atoms with E-state index in [0.29, 0.717) is 15.7 Å². The summed E-state index contributed by atoms with van der Waals surface area (Å²) in [5, 5.41) is 6.35. The number of carbonyl (C=O) groups excluding carboxylic acids is 1. The fourth-order valence-corrected chi connectivity index (χ4v) is 2.36. The normalized spacial score (nSPS) is 10.7. The number of aromatic nitrogens is 3. The van der Waals surface area contributed by atoms with Crippen LogP contribution >= 0.6 is 11.6 Å². The predicted octanol–water partition coefficient (Wildman–Crippen LogP) is 2.12. The maximum absolute atomic E-state index is 13.7. The van der Waals surface area contributed by atoms with Crippen molar-refractivity contribution in [2.45, 2.75) is 0 Å². The minimum absolute atomic E-state index is 0.266. The van der Waals surface area contributed by atoms with E-state index >= 15 is 0 Å². The van der Waals surface area contributed by atoms with Crippen molar-refractivity contribution in [3.63, 3.8) is 0 Å². The standard InChI is InChI=1S/C17H11ClF2N4O3/c1-23-16(26)14(15(25)21-13-7-4-10(19)8-12(13)20)22-24(17(23)27)11-5-2-9(18)3-6-11/h2-8H,1H3,(H,21,25). The molecular formula is C17H11ClF2N4O3. The minimum atomic E-state index is -1.05. The molecule has 0 bridgehead atoms. The van der Waals surface area contributed by atoms with E-state index in [1.807, 2.05) is 0 Å². The summed E-state index contributed by atoms with van der Waals surface area (Å²) in [4.78, 5) is 36.9. The van der Waals surface area contributed by atoms with E-state index in [2.05, 4.69) is 10.4 Å². The average molecular weight is 393 g/mol. The summed E-state index contributed by atoms with van der Waals surface area (Å²) in [6, 6.07) is 8.48. The molecule has 0 aliphatic carbocycles. The van der Waals surface area contributed by atoms with Gasteiger partial charge in [0.2, 0.25) is 5.69 Å². The quantitative estimate of drug-likeness (QED) is 0.739. The van der Waals surface area contributed by atoms with Gasteiger partial charge in [-0.3, -0.25) is 14.2 Å². The topological polar surface area (TPSA) is 86.0 Å². The van der Waals surface area contributed by atoms with Crippen molar-refractivity contribution >= 4 is 23.2 Å². The van der Waals surface area contributed by atoms with E-state index in [-0.39, 0.29) is 11.4 Å². The van der Waals surface area contributed by atoms with E-state index in [9.17, 15) is 23.2 Å². The molecule has 1 N–H and O–H groups in total. The molecule has 0 fully saturated rings. The number of halogens is 3. The first-order chi connectivity index (χ1) is 12.8. The summed E-state index contributed by atoms with van der Waals surface area (Å²) in [6.07, 6.45) is 0. The first-order valence-corrected chi connectivity index (χ1v) is 7.88. The van der Waals surface area contributed by atoms with Crippen molar-refractivity contribution in [3.05, 3.63) is 85.7 Å². The van der Waals surface area contributed by atoms with Crippen LogP contribution in [-0.4, -0.2) is 20.3 Å². The number of rotatable bonds is 3. The van der Waals surface area contributed by atoms with Gasteiger partial charge in [-0.15, -0.1) is 0 Å². The average Bonchev–Trinajstić information content (AvgIpc) is 2.63. The highest BCUT2D eigenvalue weighted by molar-refractivity contribution is 6.30. The maximum Gasteiger partial charge on any atom is 0.351 e. The number of nitrogens with one attached hydrogen (secondary N) is 1. The van der Waals surface area contributed by atoms with E-state index in [0.717, 1.165) is 16.8 Å². The van der Waals surface area contributed by atoms with Gasteiger partial charge in [0.25, 0.3) is 11.5 Å². The van der Waals surface area contributed by atoms with Crippen molar-refractivity contribution in [1.82, 2.24) is 14.3 Å². The molecule has 1 amide bonds. The molecular weight excluding hydrogens is 382 g/mol. The summed E-state index contributed by atoms with van der Waals surface area (Å²) in [7, 11) is 1.17. The monoisotopic (exact) mass is 392 g/mol. The Morgan fingerprint density at radius 3 is 2.41 bits per heavy atom. The van der Waals surface area contributed by atoms with Crippen LogP contribution in [0.25, 0.3) is 5.69 Å². The van der Waals surface area contributed by atoms with Crippen molar-refractivity contribution in [2.24, 2.45) is 7.05 Å². The number of hydrogen-bond donors (Lipinski definition) is 1. The number of anilines is 1. The largest absolute Gasteiger partial charge is 0.351 e. The van der Waals surface area contributed by atoms with Crippen LogP contribution in [-0.2, 0) is 7.05 Å². The van der Waals surface area contributed by atoms with Crippen molar-refractivity contribution < 1.29 is 13.6 Å². The maximum atomic E-state index is 13.7. The van der Waals surface area contributed by atoms with Crippen LogP contribution < -0.4 is 16.6 Å². The van der Waals surface area contributed by atoms with Gasteiger partial charge in [-0.1, -0.05) is 11.6 Å². The molecule has 1 heterocycles. The molecule has 138 valence electrons. The minimum Gasteiger partial charge on any atom is -0.318 e. The first-order valence-electron chi connectivity index (χ1n) is 7.50. The Kier molecular flexibility index (Phi) is 4.87. The molecule has 0 atom stereocenters. The molecule has 0 aliphatic rings. The van der Waals surface area contributed by atoms with Gasteiger partial charge in [-0.05, 0) is 36.4 Å². The zero-order valence-corrected chi connectivity index (χ0v) is 14.5. The lowest BCUT2D eigenvalue weighted by Crippen LogP contribution is -2.43. The summed E-state index contributed by atoms with van der Waals surface area (Å²) >= 11 is 5.80. The smallest absolute Gasteiger partial charge is 0.318 e. The van der Waals surface area contributed by atoms with Gasteiger partial charge >= 0.3 is 5.69 Å². The molecule has 0 saturated heterocycles. The van der Waals surface area contributed by atoms with Crippen molar-refractivity contribution in [1.29, 1.82) is 0 Å². The lowest BCUT2D eigenvalue weighted by Gasteiger charge is -2.10. The zero-order valence-electron chi connectivity index (χ0n) is 13.7. The molecule has 27 heavy (non-hydrogen) atoms. The third-order valence-electron chi connectivity index (χ3n) is 3.64. The second kappa shape index (κ2) is 7.12. The summed E-state index contributed by atoms with van der Waals surface area (Å²) in [5.41, 5.74) is -2.47. The number of amides is 1. The third kappa shape index (κ3) is 3.63. The van der Waals surface area contributed by atoms with E-state index in [4.69, 9.17) is 11.6 Å². The summed E-state index contributed by atoms with van der Waals surface area (Å²) in [6.45, 7) is 0. The molecule has 1 aromatic heterocycles. The molecule has 0 aliphatic heterocycles. The molecule has 3 rings (SSSR count). The van der Waals surface area contributed by atoms with Gasteiger partial charge in [0.15, 0.2) is 0 Å². The van der Waals surface area contributed by atoms with Crippen LogP contribution in [0.4, 0.5) is 14.5 Å². The number of benzene rings is 2. The highest BCUT2D eigenvalue weighted by atomic mass is 35.5. The van der Waals surface area contributed by atoms with E-state index in [1.54, 1.807) is 0 Å². The lowest BCUT2D eigenvalue weighted by molar-refractivity contribution is 0.101. The summed E-state index contributed by atoms with van der Waals surface area (Å²) in [5.74, 6) is -2.90. The van der Waals surface area contributed by atoms with Gasteiger partial charge in [-0.2, -0.15) is 9.78 Å². The van der Waals surface area contributed by atoms with E-state index < -0.39 is 34.5 Å². The van der Waals surface area contributed by atoms with Crippen molar-refractivity contribution in [3.8, 4) is 5.69 Å². The SMILES string of the molecule is Cn1c(=O)c(C(=O)Nc2ccc(F)cc2F)nn(-c2ccc(Cl)cc2)c1=O. The predicted molar refractivity (Wildman–Crippen MR) is 94.4 cm³/mol. The molecule has 0 spiro atoms. The molecule has 10 heteroatoms. The Labute approximate surface area is 155 Å². The van der Waals surface area contributed by atoms with Gasteiger partial charge in [0.05, 0.1) is 11.4 Å². The van der Waals surface area contributed by atoms with Gasteiger partial charge in [0.1, 0.15) is 11.6 Å². The zero-order chi connectivity index (χ0) is 19.7. The van der Waals surface area contributed by atoms with Crippen LogP contribution in [0.1, 0.15) is 10.5 Å². The number of hydrogen-bond acceptors (Lipinski definition) is 4. The molecule has 0 saturated carbocycles. The fourth-order valence-electron chi connectivity index (χ4n) is 2.24. The number of nitrogens with zero attached hydrogens (tertiary/aromatic N) is 3. The number of carbonyl (C=O) groups is 1. The van der Waals surface area contributed by atoms with Crippen LogP contribution in [0, 0.1) is 11.6 Å². The van der Waals surface area contributed by atoms with Crippen LogP contribution in [0.15, 0.2) is 52.1 Å². The van der Waals surface area contributed by atoms with Crippen LogP contribution in [0.5, 0.6) is 0 Å². The third-order valence-corrected chi connectivity index (χ3v) is 3.89. The van der Waals surface area contributed by atoms with Gasteiger partial charge < -0.3 is 5.32 Å². The van der Waals surface area contributed by atoms with Gasteiger partial charge in [-0.25, -0.2) is 13.6 Å². The van der Waals surface area contributed by atoms with Crippen LogP contribution in [0.2, 0.25) is 5.02 Å². The lowest BCUT2D eigenvalue weighted by atomic mass is 10.3. The van der Waals surface area contributed by atoms with Crippen LogP contribution in [0.3, 0.4) is 0 Å². The van der Waals surface area contributed by atoms with Gasteiger partial charge in [0, 0.05) is 18.1 Å². The Bertz CT molecular complexity index is 1160. The van der Waals surface area contributed by atoms with E-state index in [1.165, 1.54) is 31.3 Å². The Morgan fingerprint density at radius 2 is 1.78 bits per heavy atom. The first kappa shape index (κ1) is 18.5. The Morgan fingerprint density at radius 1 is 1.11 bits per heavy atom. The van der Waals surface area contributed by atoms with Crippen molar-refractivity contribution in [2.75, 3.05) is 5.32 Å². The Balaban J connectivity index is 2.07. The fraction of sp³-hybridized carbons (Fsp3) is 0.0588. The molecule has 2 aromatic carbocycles. The molecule has 3 aromatic rings. The second-order valence-electron chi connectivity index (χ2n) is 5.46. The second-order valence-corrected chi connectivity index (χ2v) is 5.90. The Hall–Kier alpha value is -3.33. The highest BCUT2D eigenvalue weighted by Gasteiger charge is 2.20. The molecule has 7 nitrogen and oxygen atoms in total. The highest BCUT2D eigenvalue weighted by Crippen LogP contribution is 2.15. The molecule has 0 radical (unpaired) electrons. The summed E-state index contributed by atoms with van der Waals surface area (Å²) < 4.78 is 28.2.